The molecule has 0 bridgehead atoms. The summed E-state index contributed by atoms with van der Waals surface area (Å²) in [6.07, 6.45) is 0.625. The van der Waals surface area contributed by atoms with E-state index in [1.165, 1.54) is 0 Å². The maximum absolute atomic E-state index is 5.68. The molecule has 0 atom stereocenters. The lowest BCUT2D eigenvalue weighted by Gasteiger charge is -2.11. The highest BCUT2D eigenvalue weighted by Crippen LogP contribution is 2.29. The lowest BCUT2D eigenvalue weighted by atomic mass is 10.2. The first-order chi connectivity index (χ1) is 11.8. The zero-order valence-corrected chi connectivity index (χ0v) is 13.7. The average molecular weight is 325 g/mol. The molecule has 0 unspecified atom stereocenters. The zero-order chi connectivity index (χ0) is 16.8. The average Bonchev–Trinajstić information content (AvgIpc) is 3.08. The first-order valence-electron chi connectivity index (χ1n) is 7.59. The second-order valence-electron chi connectivity index (χ2n) is 5.17. The van der Waals surface area contributed by atoms with Gasteiger partial charge in [0, 0.05) is 6.07 Å². The Bertz CT molecular complexity index is 787. The largest absolute Gasteiger partial charge is 0.497 e. The van der Waals surface area contributed by atoms with Gasteiger partial charge in [0.2, 0.25) is 11.8 Å². The number of ether oxygens (including phenoxy) is 2. The second kappa shape index (κ2) is 7.50. The Balaban J connectivity index is 1.63. The molecule has 2 aromatic carbocycles. The van der Waals surface area contributed by atoms with Gasteiger partial charge in [0.1, 0.15) is 11.5 Å². The smallest absolute Gasteiger partial charge is 0.235 e. The van der Waals surface area contributed by atoms with E-state index in [0.717, 1.165) is 17.0 Å². The minimum absolute atomic E-state index is 0.421. The summed E-state index contributed by atoms with van der Waals surface area (Å²) in [6, 6.07) is 15.6. The topological polar surface area (TPSA) is 69.4 Å². The number of anilines is 1. The summed E-state index contributed by atoms with van der Waals surface area (Å²) in [5, 5.41) is 11.4. The van der Waals surface area contributed by atoms with Crippen LogP contribution in [0.2, 0.25) is 0 Å². The van der Waals surface area contributed by atoms with Crippen molar-refractivity contribution in [3.05, 3.63) is 65.9 Å². The lowest BCUT2D eigenvalue weighted by Crippen LogP contribution is -2.02. The molecule has 24 heavy (non-hydrogen) atoms. The van der Waals surface area contributed by atoms with Crippen LogP contribution < -0.4 is 14.8 Å². The van der Waals surface area contributed by atoms with Crippen LogP contribution in [-0.2, 0) is 13.0 Å². The Hall–Kier alpha value is -3.02. The van der Waals surface area contributed by atoms with E-state index in [1.807, 2.05) is 48.5 Å². The van der Waals surface area contributed by atoms with E-state index < -0.39 is 0 Å². The Morgan fingerprint density at radius 2 is 1.75 bits per heavy atom. The van der Waals surface area contributed by atoms with E-state index in [1.54, 1.807) is 14.2 Å². The van der Waals surface area contributed by atoms with Gasteiger partial charge in [-0.25, -0.2) is 0 Å². The molecule has 1 aromatic heterocycles. The molecule has 6 heteroatoms. The van der Waals surface area contributed by atoms with Gasteiger partial charge < -0.3 is 19.2 Å². The third-order valence-electron chi connectivity index (χ3n) is 3.55. The van der Waals surface area contributed by atoms with Gasteiger partial charge in [-0.05, 0) is 17.7 Å². The standard InChI is InChI=1S/C18H19N3O3/c1-22-14-8-9-15(16(11-14)23-2)19-12-18-21-20-17(24-18)10-13-6-4-3-5-7-13/h3-9,11,19H,10,12H2,1-2H3. The molecule has 3 aromatic rings. The van der Waals surface area contributed by atoms with E-state index >= 15 is 0 Å². The van der Waals surface area contributed by atoms with Crippen molar-refractivity contribution in [2.24, 2.45) is 0 Å². The summed E-state index contributed by atoms with van der Waals surface area (Å²) in [6.45, 7) is 0.421. The monoisotopic (exact) mass is 325 g/mol. The van der Waals surface area contributed by atoms with Crippen LogP contribution in [0, 0.1) is 0 Å². The van der Waals surface area contributed by atoms with Gasteiger partial charge in [-0.2, -0.15) is 0 Å². The second-order valence-corrected chi connectivity index (χ2v) is 5.17. The van der Waals surface area contributed by atoms with Gasteiger partial charge in [0.15, 0.2) is 0 Å². The molecule has 0 saturated carbocycles. The molecular weight excluding hydrogens is 306 g/mol. The molecule has 6 nitrogen and oxygen atoms in total. The normalized spacial score (nSPS) is 10.4. The number of hydrogen-bond acceptors (Lipinski definition) is 6. The number of nitrogens with zero attached hydrogens (tertiary/aromatic N) is 2. The van der Waals surface area contributed by atoms with Gasteiger partial charge in [0.05, 0.1) is 32.9 Å². The maximum Gasteiger partial charge on any atom is 0.235 e. The Labute approximate surface area is 140 Å². The summed E-state index contributed by atoms with van der Waals surface area (Å²) < 4.78 is 16.2. The third-order valence-corrected chi connectivity index (χ3v) is 3.55. The van der Waals surface area contributed by atoms with Crippen LogP contribution in [-0.4, -0.2) is 24.4 Å². The van der Waals surface area contributed by atoms with Crippen molar-refractivity contribution in [1.82, 2.24) is 10.2 Å². The molecule has 0 aliphatic rings. The van der Waals surface area contributed by atoms with Crippen LogP contribution in [0.4, 0.5) is 5.69 Å². The van der Waals surface area contributed by atoms with Gasteiger partial charge in [-0.15, -0.1) is 10.2 Å². The molecule has 0 fully saturated rings. The van der Waals surface area contributed by atoms with E-state index in [9.17, 15) is 0 Å². The molecule has 0 spiro atoms. The van der Waals surface area contributed by atoms with E-state index in [4.69, 9.17) is 13.9 Å². The highest BCUT2D eigenvalue weighted by atomic mass is 16.5. The fraction of sp³-hybridized carbons (Fsp3) is 0.222. The lowest BCUT2D eigenvalue weighted by molar-refractivity contribution is 0.395. The van der Waals surface area contributed by atoms with Gasteiger partial charge in [-0.1, -0.05) is 30.3 Å². The summed E-state index contributed by atoms with van der Waals surface area (Å²) >= 11 is 0. The predicted octanol–water partition coefficient (Wildman–Crippen LogP) is 3.29. The fourth-order valence-corrected chi connectivity index (χ4v) is 2.32. The Morgan fingerprint density at radius 3 is 2.50 bits per heavy atom. The number of hydrogen-bond donors (Lipinski definition) is 1. The Kier molecular flexibility index (Phi) is 4.96. The molecule has 0 aliphatic carbocycles. The molecule has 0 aliphatic heterocycles. The van der Waals surface area contributed by atoms with Crippen molar-refractivity contribution >= 4 is 5.69 Å². The highest BCUT2D eigenvalue weighted by molar-refractivity contribution is 5.59. The number of benzene rings is 2. The molecule has 0 saturated heterocycles. The van der Waals surface area contributed by atoms with Crippen LogP contribution in [0.5, 0.6) is 11.5 Å². The predicted molar refractivity (Wildman–Crippen MR) is 90.4 cm³/mol. The number of rotatable bonds is 7. The summed E-state index contributed by atoms with van der Waals surface area (Å²) in [5.41, 5.74) is 1.97. The number of nitrogens with one attached hydrogen (secondary N) is 1. The number of aromatic nitrogens is 2. The zero-order valence-electron chi connectivity index (χ0n) is 13.7. The van der Waals surface area contributed by atoms with Crippen LogP contribution >= 0.6 is 0 Å². The molecule has 1 N–H and O–H groups in total. The van der Waals surface area contributed by atoms with E-state index in [2.05, 4.69) is 15.5 Å². The van der Waals surface area contributed by atoms with Gasteiger partial charge >= 0.3 is 0 Å². The summed E-state index contributed by atoms with van der Waals surface area (Å²) in [7, 11) is 3.24. The van der Waals surface area contributed by atoms with Gasteiger partial charge in [0.25, 0.3) is 0 Å². The first-order valence-corrected chi connectivity index (χ1v) is 7.59. The third kappa shape index (κ3) is 3.84. The SMILES string of the molecule is COc1ccc(NCc2nnc(Cc3ccccc3)o2)c(OC)c1. The molecular formula is C18H19N3O3. The quantitative estimate of drug-likeness (QED) is 0.719. The van der Waals surface area contributed by atoms with Crippen LogP contribution in [0.15, 0.2) is 52.9 Å². The molecule has 3 rings (SSSR count). The van der Waals surface area contributed by atoms with Crippen molar-refractivity contribution in [3.63, 3.8) is 0 Å². The van der Waals surface area contributed by atoms with Crippen molar-refractivity contribution in [2.75, 3.05) is 19.5 Å². The fourth-order valence-electron chi connectivity index (χ4n) is 2.32. The van der Waals surface area contributed by atoms with Crippen LogP contribution in [0.25, 0.3) is 0 Å². The minimum atomic E-state index is 0.421. The van der Waals surface area contributed by atoms with E-state index in [-0.39, 0.29) is 0 Å². The maximum atomic E-state index is 5.68. The Morgan fingerprint density at radius 1 is 0.958 bits per heavy atom. The number of methoxy groups -OCH3 is 2. The van der Waals surface area contributed by atoms with Gasteiger partial charge in [-0.3, -0.25) is 0 Å². The molecule has 1 heterocycles. The molecule has 0 amide bonds. The molecule has 0 radical (unpaired) electrons. The van der Waals surface area contributed by atoms with Crippen LogP contribution in [0.1, 0.15) is 17.3 Å². The van der Waals surface area contributed by atoms with Crippen molar-refractivity contribution in [1.29, 1.82) is 0 Å². The highest BCUT2D eigenvalue weighted by Gasteiger charge is 2.09. The first kappa shape index (κ1) is 15.9. The van der Waals surface area contributed by atoms with Crippen molar-refractivity contribution in [3.8, 4) is 11.5 Å². The molecule has 124 valence electrons. The van der Waals surface area contributed by atoms with Crippen LogP contribution in [0.3, 0.4) is 0 Å². The van der Waals surface area contributed by atoms with Crippen molar-refractivity contribution < 1.29 is 13.9 Å². The summed E-state index contributed by atoms with van der Waals surface area (Å²) in [5.74, 6) is 2.55. The van der Waals surface area contributed by atoms with Crippen molar-refractivity contribution in [2.45, 2.75) is 13.0 Å². The summed E-state index contributed by atoms with van der Waals surface area (Å²) in [4.78, 5) is 0. The van der Waals surface area contributed by atoms with E-state index in [0.29, 0.717) is 30.5 Å². The minimum Gasteiger partial charge on any atom is -0.497 e.